The van der Waals surface area contributed by atoms with Crippen molar-refractivity contribution in [1.82, 2.24) is 4.57 Å². The highest BCUT2D eigenvalue weighted by molar-refractivity contribution is 9.09. The molecule has 2 aromatic heterocycles. The van der Waals surface area contributed by atoms with E-state index in [0.717, 1.165) is 11.1 Å². The number of oxazole rings is 1. The number of aromatic nitrogens is 1. The second-order valence-corrected chi connectivity index (χ2v) is 6.35. The molecule has 0 aliphatic rings. The highest BCUT2D eigenvalue weighted by atomic mass is 79.9. The molecule has 0 aliphatic carbocycles. The van der Waals surface area contributed by atoms with Crippen LogP contribution >= 0.6 is 27.3 Å². The van der Waals surface area contributed by atoms with Crippen molar-refractivity contribution in [1.29, 1.82) is 0 Å². The Morgan fingerprint density at radius 1 is 1.37 bits per heavy atom. The monoisotopic (exact) mass is 337 g/mol. The molecule has 1 aromatic carbocycles. The molecule has 0 fully saturated rings. The zero-order valence-electron chi connectivity index (χ0n) is 10.5. The van der Waals surface area contributed by atoms with Crippen LogP contribution in [0.2, 0.25) is 0 Å². The minimum atomic E-state index is -0.328. The zero-order valence-corrected chi connectivity index (χ0v) is 12.9. The number of aryl methyl sites for hydroxylation is 2. The molecule has 19 heavy (non-hydrogen) atoms. The fraction of sp³-hybridized carbons (Fsp3) is 0.214. The molecular formula is C14H12BrNO2S. The van der Waals surface area contributed by atoms with Crippen molar-refractivity contribution in [3.05, 3.63) is 56.2 Å². The van der Waals surface area contributed by atoms with Crippen LogP contribution in [0, 0.1) is 6.92 Å². The van der Waals surface area contributed by atoms with Gasteiger partial charge in [-0.25, -0.2) is 4.79 Å². The van der Waals surface area contributed by atoms with Crippen LogP contribution in [0.4, 0.5) is 0 Å². The lowest BCUT2D eigenvalue weighted by molar-refractivity contribution is 0.528. The van der Waals surface area contributed by atoms with E-state index in [0.29, 0.717) is 5.58 Å². The molecule has 0 bridgehead atoms. The van der Waals surface area contributed by atoms with Gasteiger partial charge in [0.1, 0.15) is 0 Å². The first kappa shape index (κ1) is 12.7. The molecule has 0 radical (unpaired) electrons. The molecule has 0 saturated heterocycles. The summed E-state index contributed by atoms with van der Waals surface area (Å²) in [5.74, 6) is -0.328. The maximum atomic E-state index is 11.5. The molecule has 3 aromatic rings. The van der Waals surface area contributed by atoms with Crippen molar-refractivity contribution in [2.75, 3.05) is 0 Å². The summed E-state index contributed by atoms with van der Waals surface area (Å²) in [6, 6.07) is 7.98. The van der Waals surface area contributed by atoms with Crippen LogP contribution in [0.5, 0.6) is 0 Å². The SMILES string of the molecule is Cc1ccsc1C(Br)c1ccc2c(c1)oc(=O)n2C. The maximum absolute atomic E-state index is 11.5. The average molecular weight is 338 g/mol. The van der Waals surface area contributed by atoms with Crippen LogP contribution in [0.3, 0.4) is 0 Å². The molecule has 3 nitrogen and oxygen atoms in total. The predicted molar refractivity (Wildman–Crippen MR) is 81.3 cm³/mol. The number of thiophene rings is 1. The third-order valence-electron chi connectivity index (χ3n) is 3.24. The lowest BCUT2D eigenvalue weighted by Crippen LogP contribution is -2.08. The summed E-state index contributed by atoms with van der Waals surface area (Å²) in [5, 5.41) is 2.08. The summed E-state index contributed by atoms with van der Waals surface area (Å²) in [7, 11) is 1.71. The Labute approximate surface area is 122 Å². The summed E-state index contributed by atoms with van der Waals surface area (Å²) in [6.07, 6.45) is 0. The molecule has 98 valence electrons. The molecule has 0 saturated carbocycles. The van der Waals surface area contributed by atoms with Gasteiger partial charge in [0.15, 0.2) is 5.58 Å². The van der Waals surface area contributed by atoms with E-state index in [1.807, 2.05) is 18.2 Å². The second kappa shape index (κ2) is 4.65. The first-order valence-electron chi connectivity index (χ1n) is 5.85. The van der Waals surface area contributed by atoms with Gasteiger partial charge in [-0.2, -0.15) is 0 Å². The fourth-order valence-corrected chi connectivity index (χ4v) is 4.00. The average Bonchev–Trinajstić information content (AvgIpc) is 2.93. The van der Waals surface area contributed by atoms with Crippen molar-refractivity contribution in [2.24, 2.45) is 7.05 Å². The zero-order chi connectivity index (χ0) is 13.6. The Balaban J connectivity index is 2.11. The van der Waals surface area contributed by atoms with Gasteiger partial charge in [0.25, 0.3) is 0 Å². The molecule has 2 heterocycles. The van der Waals surface area contributed by atoms with Gasteiger partial charge in [-0.1, -0.05) is 22.0 Å². The van der Waals surface area contributed by atoms with E-state index in [2.05, 4.69) is 34.3 Å². The Morgan fingerprint density at radius 3 is 2.84 bits per heavy atom. The Hall–Kier alpha value is -1.33. The molecular weight excluding hydrogens is 326 g/mol. The van der Waals surface area contributed by atoms with E-state index in [9.17, 15) is 4.79 Å². The van der Waals surface area contributed by atoms with Crippen molar-refractivity contribution in [3.8, 4) is 0 Å². The first-order valence-corrected chi connectivity index (χ1v) is 7.65. The quantitative estimate of drug-likeness (QED) is 0.663. The number of alkyl halides is 1. The van der Waals surface area contributed by atoms with Crippen molar-refractivity contribution < 1.29 is 4.42 Å². The van der Waals surface area contributed by atoms with Gasteiger partial charge in [-0.15, -0.1) is 11.3 Å². The molecule has 0 N–H and O–H groups in total. The number of halogens is 1. The normalized spacial score (nSPS) is 13.0. The minimum absolute atomic E-state index is 0.127. The van der Waals surface area contributed by atoms with E-state index < -0.39 is 0 Å². The Kier molecular flexibility index (Phi) is 3.11. The maximum Gasteiger partial charge on any atom is 0.419 e. The molecule has 1 atom stereocenters. The standard InChI is InChI=1S/C14H12BrNO2S/c1-8-5-6-19-13(8)12(15)9-3-4-10-11(7-9)18-14(17)16(10)2/h3-7,12H,1-2H3. The number of hydrogen-bond donors (Lipinski definition) is 0. The van der Waals surface area contributed by atoms with Gasteiger partial charge in [0, 0.05) is 11.9 Å². The minimum Gasteiger partial charge on any atom is -0.408 e. The summed E-state index contributed by atoms with van der Waals surface area (Å²) >= 11 is 5.44. The Bertz CT molecular complexity index is 799. The lowest BCUT2D eigenvalue weighted by atomic mass is 10.1. The highest BCUT2D eigenvalue weighted by Gasteiger charge is 2.16. The van der Waals surface area contributed by atoms with Gasteiger partial charge in [0.2, 0.25) is 0 Å². The summed E-state index contributed by atoms with van der Waals surface area (Å²) in [5.41, 5.74) is 3.80. The molecule has 5 heteroatoms. The third-order valence-corrected chi connectivity index (χ3v) is 5.61. The van der Waals surface area contributed by atoms with Crippen molar-refractivity contribution in [2.45, 2.75) is 11.8 Å². The van der Waals surface area contributed by atoms with Gasteiger partial charge < -0.3 is 4.42 Å². The van der Waals surface area contributed by atoms with Crippen molar-refractivity contribution in [3.63, 3.8) is 0 Å². The largest absolute Gasteiger partial charge is 0.419 e. The molecule has 0 spiro atoms. The lowest BCUT2D eigenvalue weighted by Gasteiger charge is -2.09. The molecule has 1 unspecified atom stereocenters. The van der Waals surface area contributed by atoms with Crippen LogP contribution in [0.25, 0.3) is 11.1 Å². The van der Waals surface area contributed by atoms with Gasteiger partial charge >= 0.3 is 5.76 Å². The van der Waals surface area contributed by atoms with E-state index in [1.54, 1.807) is 18.4 Å². The number of rotatable bonds is 2. The molecule has 0 amide bonds. The topological polar surface area (TPSA) is 35.1 Å². The molecule has 0 aliphatic heterocycles. The van der Waals surface area contributed by atoms with Crippen molar-refractivity contribution >= 4 is 38.4 Å². The number of benzene rings is 1. The summed E-state index contributed by atoms with van der Waals surface area (Å²) < 4.78 is 6.74. The smallest absolute Gasteiger partial charge is 0.408 e. The van der Waals surface area contributed by atoms with E-state index in [1.165, 1.54) is 15.0 Å². The first-order chi connectivity index (χ1) is 9.08. The van der Waals surface area contributed by atoms with Gasteiger partial charge in [0.05, 0.1) is 10.3 Å². The predicted octanol–water partition coefficient (Wildman–Crippen LogP) is 3.99. The van der Waals surface area contributed by atoms with Crippen LogP contribution in [-0.2, 0) is 7.05 Å². The van der Waals surface area contributed by atoms with Crippen LogP contribution in [0.15, 0.2) is 38.9 Å². The summed E-state index contributed by atoms with van der Waals surface area (Å²) in [6.45, 7) is 2.10. The van der Waals surface area contributed by atoms with Crippen LogP contribution in [-0.4, -0.2) is 4.57 Å². The fourth-order valence-electron chi connectivity index (χ4n) is 2.10. The second-order valence-electron chi connectivity index (χ2n) is 4.48. The van der Waals surface area contributed by atoms with Crippen LogP contribution < -0.4 is 5.76 Å². The highest BCUT2D eigenvalue weighted by Crippen LogP contribution is 2.37. The number of hydrogen-bond acceptors (Lipinski definition) is 3. The number of nitrogens with zero attached hydrogens (tertiary/aromatic N) is 1. The van der Waals surface area contributed by atoms with Gasteiger partial charge in [-0.05, 0) is 41.6 Å². The molecule has 3 rings (SSSR count). The Morgan fingerprint density at radius 2 is 2.16 bits per heavy atom. The summed E-state index contributed by atoms with van der Waals surface area (Å²) in [4.78, 5) is 12.9. The number of fused-ring (bicyclic) bond motifs is 1. The van der Waals surface area contributed by atoms with E-state index in [-0.39, 0.29) is 10.6 Å². The van der Waals surface area contributed by atoms with Gasteiger partial charge in [-0.3, -0.25) is 4.57 Å². The third kappa shape index (κ3) is 2.07. The van der Waals surface area contributed by atoms with Crippen LogP contribution in [0.1, 0.15) is 20.8 Å². The van der Waals surface area contributed by atoms with E-state index in [4.69, 9.17) is 4.42 Å². The van der Waals surface area contributed by atoms with E-state index >= 15 is 0 Å².